The Hall–Kier alpha value is -1.78. The van der Waals surface area contributed by atoms with Gasteiger partial charge in [-0.25, -0.2) is 0 Å². The Morgan fingerprint density at radius 2 is 2.00 bits per heavy atom. The van der Waals surface area contributed by atoms with Crippen LogP contribution >= 0.6 is 0 Å². The van der Waals surface area contributed by atoms with Gasteiger partial charge in [-0.05, 0) is 37.3 Å². The van der Waals surface area contributed by atoms with E-state index >= 15 is 0 Å². The average molecular weight is 249 g/mol. The molecular weight excluding hydrogens is 230 g/mol. The van der Waals surface area contributed by atoms with Gasteiger partial charge in [0.05, 0.1) is 4.92 Å². The molecule has 0 bridgehead atoms. The Labute approximate surface area is 107 Å². The van der Waals surface area contributed by atoms with Gasteiger partial charge in [0.1, 0.15) is 5.69 Å². The summed E-state index contributed by atoms with van der Waals surface area (Å²) >= 11 is 0. The van der Waals surface area contributed by atoms with Crippen LogP contribution in [-0.2, 0) is 0 Å². The summed E-state index contributed by atoms with van der Waals surface area (Å²) in [5.41, 5.74) is 7.96. The summed E-state index contributed by atoms with van der Waals surface area (Å²) < 4.78 is 0. The molecule has 1 aliphatic heterocycles. The normalized spacial score (nSPS) is 16.9. The first-order chi connectivity index (χ1) is 8.49. The Morgan fingerprint density at radius 1 is 1.39 bits per heavy atom. The zero-order valence-corrected chi connectivity index (χ0v) is 10.8. The summed E-state index contributed by atoms with van der Waals surface area (Å²) in [5.74, 6) is 0.761. The summed E-state index contributed by atoms with van der Waals surface area (Å²) in [6, 6.07) is 3.31. The van der Waals surface area contributed by atoms with E-state index in [1.54, 1.807) is 12.1 Å². The number of hydrogen-bond acceptors (Lipinski definition) is 4. The number of nitro benzene ring substituents is 1. The van der Waals surface area contributed by atoms with E-state index in [4.69, 9.17) is 5.73 Å². The van der Waals surface area contributed by atoms with Crippen LogP contribution in [-0.4, -0.2) is 18.0 Å². The van der Waals surface area contributed by atoms with Crippen molar-refractivity contribution in [2.75, 3.05) is 23.7 Å². The molecule has 0 radical (unpaired) electrons. The molecular formula is C13H19N3O2. The summed E-state index contributed by atoms with van der Waals surface area (Å²) in [7, 11) is 0. The minimum Gasteiger partial charge on any atom is -0.393 e. The molecule has 18 heavy (non-hydrogen) atoms. The molecule has 1 saturated heterocycles. The van der Waals surface area contributed by atoms with Crippen LogP contribution < -0.4 is 10.6 Å². The molecule has 1 aromatic carbocycles. The van der Waals surface area contributed by atoms with Crippen LogP contribution in [0.1, 0.15) is 25.3 Å². The van der Waals surface area contributed by atoms with E-state index in [1.165, 1.54) is 0 Å². The highest BCUT2D eigenvalue weighted by atomic mass is 16.6. The van der Waals surface area contributed by atoms with Crippen molar-refractivity contribution in [2.24, 2.45) is 5.92 Å². The molecule has 0 amide bonds. The maximum Gasteiger partial charge on any atom is 0.292 e. The Bertz CT molecular complexity index is 466. The number of hydrogen-bond donors (Lipinski definition) is 1. The number of aryl methyl sites for hydroxylation is 1. The van der Waals surface area contributed by atoms with Crippen LogP contribution in [0.5, 0.6) is 0 Å². The Kier molecular flexibility index (Phi) is 3.41. The molecule has 98 valence electrons. The van der Waals surface area contributed by atoms with E-state index in [0.717, 1.165) is 43.1 Å². The zero-order chi connectivity index (χ0) is 13.3. The molecule has 1 fully saturated rings. The zero-order valence-electron chi connectivity index (χ0n) is 10.8. The third-order valence-corrected chi connectivity index (χ3v) is 3.67. The second-order valence-electron chi connectivity index (χ2n) is 5.12. The van der Waals surface area contributed by atoms with E-state index in [-0.39, 0.29) is 11.4 Å². The average Bonchev–Trinajstić information content (AvgIpc) is 2.32. The van der Waals surface area contributed by atoms with Crippen molar-refractivity contribution in [2.45, 2.75) is 26.7 Å². The number of benzene rings is 1. The monoisotopic (exact) mass is 249 g/mol. The van der Waals surface area contributed by atoms with Gasteiger partial charge in [-0.2, -0.15) is 0 Å². The van der Waals surface area contributed by atoms with Crippen molar-refractivity contribution in [3.05, 3.63) is 27.8 Å². The summed E-state index contributed by atoms with van der Waals surface area (Å²) in [6.45, 7) is 6.16. The molecule has 5 heteroatoms. The molecule has 5 nitrogen and oxygen atoms in total. The Morgan fingerprint density at radius 3 is 2.56 bits per heavy atom. The predicted octanol–water partition coefficient (Wildman–Crippen LogP) is 2.72. The first-order valence-corrected chi connectivity index (χ1v) is 6.28. The van der Waals surface area contributed by atoms with Crippen LogP contribution in [0.15, 0.2) is 12.1 Å². The van der Waals surface area contributed by atoms with E-state index in [2.05, 4.69) is 11.8 Å². The summed E-state index contributed by atoms with van der Waals surface area (Å²) in [6.07, 6.45) is 2.33. The first kappa shape index (κ1) is 12.7. The minimum atomic E-state index is -0.426. The number of anilines is 2. The lowest BCUT2D eigenvalue weighted by molar-refractivity contribution is -0.383. The smallest absolute Gasteiger partial charge is 0.292 e. The molecule has 0 atom stereocenters. The van der Waals surface area contributed by atoms with Crippen LogP contribution in [0.4, 0.5) is 17.1 Å². The Balaban J connectivity index is 2.29. The van der Waals surface area contributed by atoms with Gasteiger partial charge in [-0.1, -0.05) is 6.92 Å². The SMILES string of the molecule is Cc1cc([N+](=O)[O-])c(N)cc1N1CCC(C)CC1. The van der Waals surface area contributed by atoms with Crippen molar-refractivity contribution in [1.29, 1.82) is 0 Å². The number of nitrogens with two attached hydrogens (primary N) is 1. The molecule has 0 aliphatic carbocycles. The van der Waals surface area contributed by atoms with Crippen LogP contribution in [0.2, 0.25) is 0 Å². The van der Waals surface area contributed by atoms with Crippen molar-refractivity contribution < 1.29 is 4.92 Å². The van der Waals surface area contributed by atoms with Crippen molar-refractivity contribution in [3.8, 4) is 0 Å². The third-order valence-electron chi connectivity index (χ3n) is 3.67. The number of nitro groups is 1. The van der Waals surface area contributed by atoms with E-state index in [9.17, 15) is 10.1 Å². The maximum atomic E-state index is 10.8. The fraction of sp³-hybridized carbons (Fsp3) is 0.538. The molecule has 0 spiro atoms. The first-order valence-electron chi connectivity index (χ1n) is 6.28. The lowest BCUT2D eigenvalue weighted by atomic mass is 9.98. The van der Waals surface area contributed by atoms with Gasteiger partial charge in [0.2, 0.25) is 0 Å². The van der Waals surface area contributed by atoms with Crippen molar-refractivity contribution in [3.63, 3.8) is 0 Å². The fourth-order valence-electron chi connectivity index (χ4n) is 2.45. The highest BCUT2D eigenvalue weighted by Gasteiger charge is 2.20. The number of rotatable bonds is 2. The molecule has 2 N–H and O–H groups in total. The molecule has 0 aromatic heterocycles. The van der Waals surface area contributed by atoms with Crippen molar-refractivity contribution in [1.82, 2.24) is 0 Å². The van der Waals surface area contributed by atoms with Gasteiger partial charge in [0, 0.05) is 24.8 Å². The molecule has 2 rings (SSSR count). The molecule has 0 saturated carbocycles. The van der Waals surface area contributed by atoms with Gasteiger partial charge in [-0.15, -0.1) is 0 Å². The van der Waals surface area contributed by atoms with Crippen molar-refractivity contribution >= 4 is 17.1 Å². The fourth-order valence-corrected chi connectivity index (χ4v) is 2.45. The maximum absolute atomic E-state index is 10.8. The minimum absolute atomic E-state index is 0.00151. The van der Waals surface area contributed by atoms with Gasteiger partial charge in [-0.3, -0.25) is 10.1 Å². The standard InChI is InChI=1S/C13H19N3O2/c1-9-3-5-15(6-4-9)12-8-11(14)13(16(17)18)7-10(12)2/h7-9H,3-6,14H2,1-2H3. The van der Waals surface area contributed by atoms with E-state index in [0.29, 0.717) is 0 Å². The summed E-state index contributed by atoms with van der Waals surface area (Å²) in [4.78, 5) is 12.7. The summed E-state index contributed by atoms with van der Waals surface area (Å²) in [5, 5.41) is 10.8. The van der Waals surface area contributed by atoms with Crippen LogP contribution in [0, 0.1) is 23.0 Å². The van der Waals surface area contributed by atoms with Gasteiger partial charge < -0.3 is 10.6 Å². The predicted molar refractivity (Wildman–Crippen MR) is 72.9 cm³/mol. The lowest BCUT2D eigenvalue weighted by Gasteiger charge is -2.33. The number of nitrogens with zero attached hydrogens (tertiary/aromatic N) is 2. The van der Waals surface area contributed by atoms with Gasteiger partial charge in [0.25, 0.3) is 5.69 Å². The number of nitrogen functional groups attached to an aromatic ring is 1. The van der Waals surface area contributed by atoms with Crippen LogP contribution in [0.3, 0.4) is 0 Å². The quantitative estimate of drug-likeness (QED) is 0.497. The molecule has 1 heterocycles. The second-order valence-corrected chi connectivity index (χ2v) is 5.12. The third kappa shape index (κ3) is 2.39. The topological polar surface area (TPSA) is 72.4 Å². The second kappa shape index (κ2) is 4.84. The molecule has 1 aliphatic rings. The largest absolute Gasteiger partial charge is 0.393 e. The highest BCUT2D eigenvalue weighted by molar-refractivity contribution is 5.70. The van der Waals surface area contributed by atoms with Crippen LogP contribution in [0.25, 0.3) is 0 Å². The van der Waals surface area contributed by atoms with Gasteiger partial charge >= 0.3 is 0 Å². The van der Waals surface area contributed by atoms with E-state index < -0.39 is 4.92 Å². The molecule has 1 aromatic rings. The van der Waals surface area contributed by atoms with Gasteiger partial charge in [0.15, 0.2) is 0 Å². The number of piperidine rings is 1. The highest BCUT2D eigenvalue weighted by Crippen LogP contribution is 2.32. The van der Waals surface area contributed by atoms with E-state index in [1.807, 2.05) is 6.92 Å². The molecule has 0 unspecified atom stereocenters. The lowest BCUT2D eigenvalue weighted by Crippen LogP contribution is -2.33.